The molecule has 2 saturated heterocycles. The van der Waals surface area contributed by atoms with Gasteiger partial charge in [-0.3, -0.25) is 9.59 Å². The van der Waals surface area contributed by atoms with Crippen molar-refractivity contribution in [3.63, 3.8) is 0 Å². The Morgan fingerprint density at radius 3 is 2.25 bits per heavy atom. The minimum Gasteiger partial charge on any atom is -0.338 e. The SMILES string of the molecule is Cc1cc(S(=O)(=O)N2CCN(C(=O)C3CCCN3C(=O)C3CC3)CC2)c(C)s1. The van der Waals surface area contributed by atoms with Crippen molar-refractivity contribution in [1.82, 2.24) is 14.1 Å². The van der Waals surface area contributed by atoms with E-state index in [4.69, 9.17) is 0 Å². The Morgan fingerprint density at radius 2 is 1.68 bits per heavy atom. The van der Waals surface area contributed by atoms with Crippen molar-refractivity contribution in [3.8, 4) is 0 Å². The van der Waals surface area contributed by atoms with E-state index in [1.54, 1.807) is 15.9 Å². The lowest BCUT2D eigenvalue weighted by molar-refractivity contribution is -0.145. The molecule has 9 heteroatoms. The summed E-state index contributed by atoms with van der Waals surface area (Å²) in [7, 11) is -3.53. The predicted molar refractivity (Wildman–Crippen MR) is 107 cm³/mol. The first-order chi connectivity index (χ1) is 13.3. The third-order valence-electron chi connectivity index (χ3n) is 5.91. The van der Waals surface area contributed by atoms with Crippen molar-refractivity contribution in [1.29, 1.82) is 0 Å². The summed E-state index contributed by atoms with van der Waals surface area (Å²) in [5.74, 6) is 0.221. The number of nitrogens with zero attached hydrogens (tertiary/aromatic N) is 3. The highest BCUT2D eigenvalue weighted by molar-refractivity contribution is 7.89. The first kappa shape index (κ1) is 19.8. The number of carbonyl (C=O) groups excluding carboxylic acids is 2. The van der Waals surface area contributed by atoms with Gasteiger partial charge in [-0.15, -0.1) is 11.3 Å². The zero-order valence-corrected chi connectivity index (χ0v) is 18.0. The van der Waals surface area contributed by atoms with Crippen LogP contribution in [0.5, 0.6) is 0 Å². The maximum Gasteiger partial charge on any atom is 0.245 e. The number of piperazine rings is 1. The van der Waals surface area contributed by atoms with Crippen LogP contribution >= 0.6 is 11.3 Å². The molecule has 1 unspecified atom stereocenters. The highest BCUT2D eigenvalue weighted by Crippen LogP contribution is 2.34. The molecule has 2 amide bonds. The van der Waals surface area contributed by atoms with Gasteiger partial charge in [0.15, 0.2) is 0 Å². The molecule has 0 N–H and O–H groups in total. The van der Waals surface area contributed by atoms with Gasteiger partial charge in [-0.05, 0) is 45.6 Å². The van der Waals surface area contributed by atoms with Gasteiger partial charge >= 0.3 is 0 Å². The Bertz CT molecular complexity index is 883. The van der Waals surface area contributed by atoms with Gasteiger partial charge in [0.1, 0.15) is 6.04 Å². The van der Waals surface area contributed by atoms with Crippen LogP contribution in [0.25, 0.3) is 0 Å². The van der Waals surface area contributed by atoms with E-state index in [1.807, 2.05) is 13.8 Å². The molecule has 1 saturated carbocycles. The Hall–Kier alpha value is -1.45. The summed E-state index contributed by atoms with van der Waals surface area (Å²) in [5.41, 5.74) is 0. The Kier molecular flexibility index (Phi) is 5.26. The molecule has 0 radical (unpaired) electrons. The lowest BCUT2D eigenvalue weighted by Gasteiger charge is -2.36. The number of amides is 2. The van der Waals surface area contributed by atoms with E-state index in [9.17, 15) is 18.0 Å². The molecule has 1 aromatic rings. The topological polar surface area (TPSA) is 78.0 Å². The summed E-state index contributed by atoms with van der Waals surface area (Å²) in [6.45, 7) is 5.75. The van der Waals surface area contributed by atoms with Crippen LogP contribution in [0.2, 0.25) is 0 Å². The largest absolute Gasteiger partial charge is 0.338 e. The zero-order chi connectivity index (χ0) is 20.1. The standard InChI is InChI=1S/C19H27N3O4S2/c1-13-12-17(14(2)27-13)28(25,26)21-10-8-20(9-11-21)19(24)16-4-3-7-22(16)18(23)15-5-6-15/h12,15-16H,3-11H2,1-2H3. The van der Waals surface area contributed by atoms with Crippen LogP contribution in [0.15, 0.2) is 11.0 Å². The van der Waals surface area contributed by atoms with E-state index in [1.165, 1.54) is 15.6 Å². The van der Waals surface area contributed by atoms with Gasteiger partial charge in [0.25, 0.3) is 0 Å². The number of hydrogen-bond acceptors (Lipinski definition) is 5. The van der Waals surface area contributed by atoms with E-state index in [2.05, 4.69) is 0 Å². The molecule has 0 aromatic carbocycles. The molecule has 154 valence electrons. The van der Waals surface area contributed by atoms with E-state index < -0.39 is 10.0 Å². The second-order valence-electron chi connectivity index (χ2n) is 7.97. The van der Waals surface area contributed by atoms with Gasteiger partial charge in [0, 0.05) is 48.4 Å². The maximum atomic E-state index is 13.0. The minimum absolute atomic E-state index is 0.0221. The minimum atomic E-state index is -3.53. The van der Waals surface area contributed by atoms with Crippen molar-refractivity contribution in [2.45, 2.75) is 50.5 Å². The highest BCUT2D eigenvalue weighted by Gasteiger charge is 2.43. The summed E-state index contributed by atoms with van der Waals surface area (Å²) in [6.07, 6.45) is 3.45. The van der Waals surface area contributed by atoms with Crippen LogP contribution in [0.3, 0.4) is 0 Å². The molecule has 3 aliphatic rings. The molecule has 0 bridgehead atoms. The molecule has 2 aliphatic heterocycles. The highest BCUT2D eigenvalue weighted by atomic mass is 32.2. The molecule has 7 nitrogen and oxygen atoms in total. The summed E-state index contributed by atoms with van der Waals surface area (Å²) in [4.78, 5) is 31.1. The number of aryl methyl sites for hydroxylation is 2. The number of thiophene rings is 1. The van der Waals surface area contributed by atoms with E-state index >= 15 is 0 Å². The molecule has 28 heavy (non-hydrogen) atoms. The van der Waals surface area contributed by atoms with Gasteiger partial charge in [-0.25, -0.2) is 8.42 Å². The summed E-state index contributed by atoms with van der Waals surface area (Å²) >= 11 is 1.48. The smallest absolute Gasteiger partial charge is 0.245 e. The molecule has 3 fully saturated rings. The van der Waals surface area contributed by atoms with Gasteiger partial charge in [-0.2, -0.15) is 4.31 Å². The lowest BCUT2D eigenvalue weighted by Crippen LogP contribution is -2.55. The van der Waals surface area contributed by atoms with Gasteiger partial charge in [0.2, 0.25) is 21.8 Å². The molecule has 1 aromatic heterocycles. The monoisotopic (exact) mass is 425 g/mol. The van der Waals surface area contributed by atoms with E-state index in [-0.39, 0.29) is 23.8 Å². The maximum absolute atomic E-state index is 13.0. The second-order valence-corrected chi connectivity index (χ2v) is 11.3. The lowest BCUT2D eigenvalue weighted by atomic mass is 10.1. The van der Waals surface area contributed by atoms with Crippen LogP contribution in [0.1, 0.15) is 35.4 Å². The van der Waals surface area contributed by atoms with Gasteiger partial charge < -0.3 is 9.80 Å². The Morgan fingerprint density at radius 1 is 1.00 bits per heavy atom. The van der Waals surface area contributed by atoms with Gasteiger partial charge in [-0.1, -0.05) is 0 Å². The molecular weight excluding hydrogens is 398 g/mol. The average molecular weight is 426 g/mol. The van der Waals surface area contributed by atoms with Crippen molar-refractivity contribution in [2.24, 2.45) is 5.92 Å². The first-order valence-corrected chi connectivity index (χ1v) is 12.2. The predicted octanol–water partition coefficient (Wildman–Crippen LogP) is 1.60. The van der Waals surface area contributed by atoms with Crippen LogP contribution in [0, 0.1) is 19.8 Å². The quantitative estimate of drug-likeness (QED) is 0.734. The normalized spacial score (nSPS) is 24.0. The van der Waals surface area contributed by atoms with Crippen molar-refractivity contribution >= 4 is 33.2 Å². The number of carbonyl (C=O) groups is 2. The summed E-state index contributed by atoms with van der Waals surface area (Å²) in [6, 6.07) is 1.37. The Labute approximate surface area is 170 Å². The van der Waals surface area contributed by atoms with Crippen molar-refractivity contribution < 1.29 is 18.0 Å². The fourth-order valence-electron chi connectivity index (χ4n) is 4.21. The van der Waals surface area contributed by atoms with Crippen LogP contribution in [-0.4, -0.2) is 73.1 Å². The van der Waals surface area contributed by atoms with Crippen molar-refractivity contribution in [2.75, 3.05) is 32.7 Å². The van der Waals surface area contributed by atoms with E-state index in [0.29, 0.717) is 44.0 Å². The first-order valence-electron chi connectivity index (χ1n) is 9.95. The van der Waals surface area contributed by atoms with Gasteiger partial charge in [0.05, 0.1) is 4.90 Å². The molecule has 1 atom stereocenters. The second kappa shape index (κ2) is 7.42. The molecule has 3 heterocycles. The molecule has 1 aliphatic carbocycles. The fourth-order valence-corrected chi connectivity index (χ4v) is 7.16. The zero-order valence-electron chi connectivity index (χ0n) is 16.4. The summed E-state index contributed by atoms with van der Waals surface area (Å²) < 4.78 is 27.4. The number of likely N-dealkylation sites (tertiary alicyclic amines) is 1. The molecular formula is C19H27N3O4S2. The molecule has 4 rings (SSSR count). The van der Waals surface area contributed by atoms with Crippen molar-refractivity contribution in [3.05, 3.63) is 15.8 Å². The van der Waals surface area contributed by atoms with E-state index in [0.717, 1.165) is 29.0 Å². The number of sulfonamides is 1. The Balaban J connectivity index is 1.40. The van der Waals surface area contributed by atoms with Crippen LogP contribution in [-0.2, 0) is 19.6 Å². The average Bonchev–Trinajstić information content (AvgIpc) is 3.30. The third kappa shape index (κ3) is 3.59. The van der Waals surface area contributed by atoms with Crippen LogP contribution in [0.4, 0.5) is 0 Å². The molecule has 0 spiro atoms. The fraction of sp³-hybridized carbons (Fsp3) is 0.684. The number of hydrogen-bond donors (Lipinski definition) is 0. The summed E-state index contributed by atoms with van der Waals surface area (Å²) in [5, 5.41) is 0. The van der Waals surface area contributed by atoms with Crippen LogP contribution < -0.4 is 0 Å². The number of rotatable bonds is 4. The third-order valence-corrected chi connectivity index (χ3v) is 9.03.